The van der Waals surface area contributed by atoms with Gasteiger partial charge in [0.05, 0.1) is 0 Å². The minimum absolute atomic E-state index is 0.0740. The molecule has 0 radical (unpaired) electrons. The molecule has 0 aliphatic carbocycles. The molecule has 0 spiro atoms. The average molecular weight is 259 g/mol. The third-order valence-corrected chi connectivity index (χ3v) is 3.27. The summed E-state index contributed by atoms with van der Waals surface area (Å²) in [6.45, 7) is 12.1. The third-order valence-electron chi connectivity index (χ3n) is 3.27. The molecule has 0 N–H and O–H groups in total. The normalized spacial score (nSPS) is 11.8. The highest BCUT2D eigenvalue weighted by Crippen LogP contribution is 2.22. The fourth-order valence-electron chi connectivity index (χ4n) is 1.90. The predicted molar refractivity (Wildman–Crippen MR) is 82.1 cm³/mol. The Hall–Kier alpha value is -1.57. The van der Waals surface area contributed by atoms with E-state index in [1.54, 1.807) is 11.0 Å². The second kappa shape index (κ2) is 6.55. The molecule has 0 unspecified atom stereocenters. The molecule has 0 saturated carbocycles. The van der Waals surface area contributed by atoms with Crippen LogP contribution < -0.4 is 0 Å². The molecule has 0 saturated heterocycles. The van der Waals surface area contributed by atoms with E-state index >= 15 is 0 Å². The van der Waals surface area contributed by atoms with E-state index < -0.39 is 0 Å². The van der Waals surface area contributed by atoms with E-state index in [4.69, 9.17) is 0 Å². The summed E-state index contributed by atoms with van der Waals surface area (Å²) in [7, 11) is 0. The van der Waals surface area contributed by atoms with E-state index in [1.807, 2.05) is 19.9 Å². The molecule has 1 aromatic rings. The highest BCUT2D eigenvalue weighted by atomic mass is 16.2. The maximum absolute atomic E-state index is 11.8. The summed E-state index contributed by atoms with van der Waals surface area (Å²) in [6, 6.07) is 8.38. The first kappa shape index (κ1) is 15.5. The number of carbonyl (C=O) groups excluding carboxylic acids is 1. The molecule has 1 amide bonds. The summed E-state index contributed by atoms with van der Waals surface area (Å²) in [5, 5.41) is 0. The van der Waals surface area contributed by atoms with Crippen LogP contribution in [0.15, 0.2) is 30.3 Å². The van der Waals surface area contributed by atoms with E-state index in [1.165, 1.54) is 5.56 Å². The van der Waals surface area contributed by atoms with Crippen molar-refractivity contribution in [2.24, 2.45) is 0 Å². The molecule has 0 aromatic heterocycles. The second-order valence-electron chi connectivity index (χ2n) is 5.72. The first-order chi connectivity index (χ1) is 8.88. The van der Waals surface area contributed by atoms with Crippen LogP contribution in [-0.4, -0.2) is 23.9 Å². The van der Waals surface area contributed by atoms with Gasteiger partial charge in [0.1, 0.15) is 0 Å². The summed E-state index contributed by atoms with van der Waals surface area (Å²) < 4.78 is 0. The van der Waals surface area contributed by atoms with E-state index in [9.17, 15) is 4.79 Å². The van der Waals surface area contributed by atoms with E-state index in [2.05, 4.69) is 45.0 Å². The molecule has 104 valence electrons. The lowest BCUT2D eigenvalue weighted by Gasteiger charge is -2.18. The van der Waals surface area contributed by atoms with E-state index in [0.717, 1.165) is 18.7 Å². The average Bonchev–Trinajstić information content (AvgIpc) is 2.37. The molecule has 2 heteroatoms. The van der Waals surface area contributed by atoms with Gasteiger partial charge in [-0.1, -0.05) is 45.0 Å². The number of benzene rings is 1. The zero-order valence-corrected chi connectivity index (χ0v) is 12.7. The van der Waals surface area contributed by atoms with Crippen LogP contribution in [0.4, 0.5) is 0 Å². The van der Waals surface area contributed by atoms with Gasteiger partial charge in [-0.25, -0.2) is 0 Å². The molecule has 0 atom stereocenters. The van der Waals surface area contributed by atoms with Crippen LogP contribution in [0.25, 0.3) is 6.08 Å². The van der Waals surface area contributed by atoms with Crippen molar-refractivity contribution in [3.8, 4) is 0 Å². The Morgan fingerprint density at radius 3 is 2.05 bits per heavy atom. The molecular formula is C17H25NO. The first-order valence-electron chi connectivity index (χ1n) is 6.96. The Bertz CT molecular complexity index is 433. The number of carbonyl (C=O) groups is 1. The van der Waals surface area contributed by atoms with Gasteiger partial charge in [-0.2, -0.15) is 0 Å². The van der Waals surface area contributed by atoms with Gasteiger partial charge in [0.2, 0.25) is 5.91 Å². The van der Waals surface area contributed by atoms with Gasteiger partial charge in [-0.3, -0.25) is 4.79 Å². The highest BCUT2D eigenvalue weighted by molar-refractivity contribution is 5.91. The summed E-state index contributed by atoms with van der Waals surface area (Å²) >= 11 is 0. The second-order valence-corrected chi connectivity index (χ2v) is 5.72. The number of amides is 1. The Balaban J connectivity index is 2.76. The molecule has 0 aliphatic rings. The molecule has 1 rings (SSSR count). The lowest BCUT2D eigenvalue weighted by molar-refractivity contribution is -0.125. The lowest BCUT2D eigenvalue weighted by atomic mass is 9.87. The zero-order valence-electron chi connectivity index (χ0n) is 12.7. The minimum atomic E-state index is 0.0740. The van der Waals surface area contributed by atoms with Crippen LogP contribution in [0.5, 0.6) is 0 Å². The van der Waals surface area contributed by atoms with Crippen molar-refractivity contribution in [2.75, 3.05) is 13.1 Å². The van der Waals surface area contributed by atoms with Crippen LogP contribution >= 0.6 is 0 Å². The van der Waals surface area contributed by atoms with Crippen LogP contribution in [0, 0.1) is 0 Å². The summed E-state index contributed by atoms with van der Waals surface area (Å²) in [4.78, 5) is 13.6. The molecule has 0 aliphatic heterocycles. The maximum Gasteiger partial charge on any atom is 0.246 e. The molecule has 19 heavy (non-hydrogen) atoms. The number of hydrogen-bond acceptors (Lipinski definition) is 1. The molecule has 2 nitrogen and oxygen atoms in total. The Labute approximate surface area is 117 Å². The van der Waals surface area contributed by atoms with Gasteiger partial charge in [-0.15, -0.1) is 0 Å². The monoisotopic (exact) mass is 259 g/mol. The predicted octanol–water partition coefficient (Wildman–Crippen LogP) is 3.87. The van der Waals surface area contributed by atoms with Crippen molar-refractivity contribution in [2.45, 2.75) is 40.0 Å². The highest BCUT2D eigenvalue weighted by Gasteiger charge is 2.12. The molecule has 1 aromatic carbocycles. The zero-order chi connectivity index (χ0) is 14.5. The fourth-order valence-corrected chi connectivity index (χ4v) is 1.90. The summed E-state index contributed by atoms with van der Waals surface area (Å²) in [5.74, 6) is 0.0740. The van der Waals surface area contributed by atoms with E-state index in [-0.39, 0.29) is 11.3 Å². The lowest BCUT2D eigenvalue weighted by Crippen LogP contribution is -2.28. The Morgan fingerprint density at radius 2 is 1.63 bits per heavy atom. The van der Waals surface area contributed by atoms with Crippen LogP contribution in [0.1, 0.15) is 45.7 Å². The molecule has 0 fully saturated rings. The van der Waals surface area contributed by atoms with Crippen LogP contribution in [0.2, 0.25) is 0 Å². The summed E-state index contributed by atoms with van der Waals surface area (Å²) in [5.41, 5.74) is 2.53. The van der Waals surface area contributed by atoms with Gasteiger partial charge in [0.25, 0.3) is 0 Å². The third kappa shape index (κ3) is 4.55. The van der Waals surface area contributed by atoms with Crippen molar-refractivity contribution < 1.29 is 4.79 Å². The van der Waals surface area contributed by atoms with Crippen molar-refractivity contribution >= 4 is 12.0 Å². The van der Waals surface area contributed by atoms with Gasteiger partial charge in [0.15, 0.2) is 0 Å². The smallest absolute Gasteiger partial charge is 0.246 e. The van der Waals surface area contributed by atoms with Crippen LogP contribution in [0.3, 0.4) is 0 Å². The maximum atomic E-state index is 11.8. The van der Waals surface area contributed by atoms with Crippen molar-refractivity contribution in [1.29, 1.82) is 0 Å². The van der Waals surface area contributed by atoms with Crippen LogP contribution in [-0.2, 0) is 10.2 Å². The van der Waals surface area contributed by atoms with Crippen molar-refractivity contribution in [3.63, 3.8) is 0 Å². The van der Waals surface area contributed by atoms with Gasteiger partial charge in [-0.05, 0) is 36.5 Å². The van der Waals surface area contributed by atoms with Crippen molar-refractivity contribution in [3.05, 3.63) is 41.5 Å². The van der Waals surface area contributed by atoms with Gasteiger partial charge in [0, 0.05) is 19.2 Å². The largest absolute Gasteiger partial charge is 0.340 e. The molecule has 0 bridgehead atoms. The standard InChI is InChI=1S/C17H25NO/c1-6-18(7-2)16(19)13-10-14-8-11-15(12-9-14)17(3,4)5/h8-13H,6-7H2,1-5H3. The Kier molecular flexibility index (Phi) is 5.34. The summed E-state index contributed by atoms with van der Waals surface area (Å²) in [6.07, 6.45) is 3.53. The quantitative estimate of drug-likeness (QED) is 0.752. The topological polar surface area (TPSA) is 20.3 Å². The minimum Gasteiger partial charge on any atom is -0.340 e. The SMILES string of the molecule is CCN(CC)C(=O)C=Cc1ccc(C(C)(C)C)cc1. The molecular weight excluding hydrogens is 234 g/mol. The number of nitrogens with zero attached hydrogens (tertiary/aromatic N) is 1. The Morgan fingerprint density at radius 1 is 1.11 bits per heavy atom. The van der Waals surface area contributed by atoms with E-state index in [0.29, 0.717) is 0 Å². The fraction of sp³-hybridized carbons (Fsp3) is 0.471. The van der Waals surface area contributed by atoms with Gasteiger partial charge < -0.3 is 4.90 Å². The molecule has 0 heterocycles. The van der Waals surface area contributed by atoms with Crippen molar-refractivity contribution in [1.82, 2.24) is 4.90 Å². The van der Waals surface area contributed by atoms with Gasteiger partial charge >= 0.3 is 0 Å². The number of likely N-dealkylation sites (N-methyl/N-ethyl adjacent to an activating group) is 1. The number of hydrogen-bond donors (Lipinski definition) is 0. The first-order valence-corrected chi connectivity index (χ1v) is 6.96. The number of rotatable bonds is 4.